The molecule has 0 bridgehead atoms. The fourth-order valence-electron chi connectivity index (χ4n) is 2.49. The third-order valence-corrected chi connectivity index (χ3v) is 3.69. The smallest absolute Gasteiger partial charge is 0.255 e. The average Bonchev–Trinajstić information content (AvgIpc) is 2.67. The van der Waals surface area contributed by atoms with Crippen molar-refractivity contribution in [3.63, 3.8) is 0 Å². The molecule has 2 amide bonds. The molecule has 0 atom stereocenters. The monoisotopic (exact) mass is 354 g/mol. The summed E-state index contributed by atoms with van der Waals surface area (Å²) in [5.41, 5.74) is 3.44. The summed E-state index contributed by atoms with van der Waals surface area (Å²) in [5.74, 6) is 5.75. The second kappa shape index (κ2) is 8.50. The van der Waals surface area contributed by atoms with Crippen molar-refractivity contribution in [2.45, 2.75) is 6.92 Å². The predicted octanol–water partition coefficient (Wildman–Crippen LogP) is 4.30. The van der Waals surface area contributed by atoms with Crippen LogP contribution >= 0.6 is 0 Å². The number of nitrogens with one attached hydrogen (secondary N) is 2. The van der Waals surface area contributed by atoms with Gasteiger partial charge in [-0.25, -0.2) is 0 Å². The molecule has 0 radical (unpaired) electrons. The van der Waals surface area contributed by atoms with Crippen molar-refractivity contribution in [3.05, 3.63) is 95.6 Å². The molecule has 0 heterocycles. The van der Waals surface area contributed by atoms with Gasteiger partial charge in [0.15, 0.2) is 0 Å². The maximum atomic E-state index is 12.5. The highest BCUT2D eigenvalue weighted by atomic mass is 16.2. The summed E-state index contributed by atoms with van der Waals surface area (Å²) in [7, 11) is 0. The lowest BCUT2D eigenvalue weighted by molar-refractivity contribution is -0.114. The number of hydrogen-bond acceptors (Lipinski definition) is 2. The Morgan fingerprint density at radius 1 is 0.704 bits per heavy atom. The van der Waals surface area contributed by atoms with E-state index in [0.29, 0.717) is 16.9 Å². The second-order valence-electron chi connectivity index (χ2n) is 5.91. The summed E-state index contributed by atoms with van der Waals surface area (Å²) in [6.07, 6.45) is 0. The Bertz CT molecular complexity index is 1030. The molecule has 0 spiro atoms. The summed E-state index contributed by atoms with van der Waals surface area (Å²) in [4.78, 5) is 23.6. The van der Waals surface area contributed by atoms with Crippen LogP contribution in [0.15, 0.2) is 78.9 Å². The van der Waals surface area contributed by atoms with Gasteiger partial charge in [0, 0.05) is 35.0 Å². The van der Waals surface area contributed by atoms with E-state index in [1.165, 1.54) is 6.92 Å². The number of carbonyl (C=O) groups is 2. The largest absolute Gasteiger partial charge is 0.326 e. The molecule has 0 fully saturated rings. The molecular formula is C23H18N2O2. The van der Waals surface area contributed by atoms with Crippen molar-refractivity contribution < 1.29 is 9.59 Å². The molecule has 0 saturated heterocycles. The summed E-state index contributed by atoms with van der Waals surface area (Å²) in [5, 5.41) is 5.53. The minimum absolute atomic E-state index is 0.183. The molecule has 3 rings (SSSR count). The fraction of sp³-hybridized carbons (Fsp3) is 0.0435. The molecule has 0 saturated carbocycles. The highest BCUT2D eigenvalue weighted by Crippen LogP contribution is 2.15. The predicted molar refractivity (Wildman–Crippen MR) is 108 cm³/mol. The van der Waals surface area contributed by atoms with Crippen LogP contribution in [0.5, 0.6) is 0 Å². The molecule has 0 aliphatic heterocycles. The zero-order valence-corrected chi connectivity index (χ0v) is 14.8. The Morgan fingerprint density at radius 3 is 2.07 bits per heavy atom. The Morgan fingerprint density at radius 2 is 1.33 bits per heavy atom. The molecule has 3 aromatic rings. The maximum absolute atomic E-state index is 12.5. The Labute approximate surface area is 158 Å². The van der Waals surface area contributed by atoms with Crippen molar-refractivity contribution >= 4 is 23.2 Å². The second-order valence-corrected chi connectivity index (χ2v) is 5.91. The zero-order valence-electron chi connectivity index (χ0n) is 14.8. The minimum atomic E-state index is -0.254. The summed E-state index contributed by atoms with van der Waals surface area (Å²) >= 11 is 0. The number of anilines is 2. The van der Waals surface area contributed by atoms with Gasteiger partial charge in [0.25, 0.3) is 5.91 Å². The van der Waals surface area contributed by atoms with Crippen LogP contribution in [0.2, 0.25) is 0 Å². The number of hydrogen-bond donors (Lipinski definition) is 2. The average molecular weight is 354 g/mol. The van der Waals surface area contributed by atoms with Gasteiger partial charge in [-0.2, -0.15) is 0 Å². The van der Waals surface area contributed by atoms with Gasteiger partial charge in [0.05, 0.1) is 0 Å². The first-order chi connectivity index (χ1) is 13.1. The molecule has 27 heavy (non-hydrogen) atoms. The van der Waals surface area contributed by atoms with E-state index < -0.39 is 0 Å². The van der Waals surface area contributed by atoms with Gasteiger partial charge in [0.1, 0.15) is 0 Å². The van der Waals surface area contributed by atoms with Crippen LogP contribution in [0.1, 0.15) is 28.4 Å². The van der Waals surface area contributed by atoms with E-state index in [4.69, 9.17) is 0 Å². The molecule has 4 nitrogen and oxygen atoms in total. The van der Waals surface area contributed by atoms with E-state index in [1.54, 1.807) is 24.3 Å². The lowest BCUT2D eigenvalue weighted by Gasteiger charge is -2.08. The summed E-state index contributed by atoms with van der Waals surface area (Å²) < 4.78 is 0. The Kier molecular flexibility index (Phi) is 5.66. The van der Waals surface area contributed by atoms with Gasteiger partial charge in [-0.05, 0) is 48.5 Å². The first-order valence-electron chi connectivity index (χ1n) is 8.46. The van der Waals surface area contributed by atoms with Crippen LogP contribution in [-0.2, 0) is 4.79 Å². The van der Waals surface area contributed by atoms with Crippen LogP contribution in [0.3, 0.4) is 0 Å². The van der Waals surface area contributed by atoms with E-state index in [0.717, 1.165) is 11.1 Å². The first-order valence-corrected chi connectivity index (χ1v) is 8.46. The topological polar surface area (TPSA) is 58.2 Å². The Hall–Kier alpha value is -3.84. The molecule has 0 aliphatic carbocycles. The maximum Gasteiger partial charge on any atom is 0.255 e. The lowest BCUT2D eigenvalue weighted by atomic mass is 10.1. The standard InChI is InChI=1S/C23H18N2O2/c1-17(26)24-22-12-6-10-20(16-22)23(27)25-21-11-5-9-19(15-21)14-13-18-7-3-2-4-8-18/h2-12,15-16H,1H3,(H,24,26)(H,25,27). The van der Waals surface area contributed by atoms with Gasteiger partial charge < -0.3 is 10.6 Å². The van der Waals surface area contributed by atoms with E-state index >= 15 is 0 Å². The van der Waals surface area contributed by atoms with Gasteiger partial charge in [-0.3, -0.25) is 9.59 Å². The number of rotatable bonds is 3. The highest BCUT2D eigenvalue weighted by molar-refractivity contribution is 6.05. The molecule has 3 aromatic carbocycles. The van der Waals surface area contributed by atoms with Crippen LogP contribution in [0.4, 0.5) is 11.4 Å². The molecule has 0 aromatic heterocycles. The van der Waals surface area contributed by atoms with E-state index in [1.807, 2.05) is 54.6 Å². The van der Waals surface area contributed by atoms with Crippen LogP contribution in [-0.4, -0.2) is 11.8 Å². The fourth-order valence-corrected chi connectivity index (χ4v) is 2.49. The van der Waals surface area contributed by atoms with Crippen molar-refractivity contribution in [2.75, 3.05) is 10.6 Å². The van der Waals surface area contributed by atoms with Crippen LogP contribution in [0, 0.1) is 11.8 Å². The van der Waals surface area contributed by atoms with E-state index in [9.17, 15) is 9.59 Å². The van der Waals surface area contributed by atoms with E-state index in [-0.39, 0.29) is 11.8 Å². The van der Waals surface area contributed by atoms with Gasteiger partial charge in [0.2, 0.25) is 5.91 Å². The highest BCUT2D eigenvalue weighted by Gasteiger charge is 2.07. The molecule has 132 valence electrons. The Balaban J connectivity index is 1.74. The molecule has 0 unspecified atom stereocenters. The van der Waals surface area contributed by atoms with Crippen molar-refractivity contribution in [1.82, 2.24) is 0 Å². The third kappa shape index (κ3) is 5.32. The first kappa shape index (κ1) is 18.0. The number of carbonyl (C=O) groups excluding carboxylic acids is 2. The minimum Gasteiger partial charge on any atom is -0.326 e. The third-order valence-electron chi connectivity index (χ3n) is 3.69. The quantitative estimate of drug-likeness (QED) is 0.689. The number of benzene rings is 3. The molecule has 0 aliphatic rings. The van der Waals surface area contributed by atoms with Crippen molar-refractivity contribution in [3.8, 4) is 11.8 Å². The van der Waals surface area contributed by atoms with Crippen LogP contribution in [0.25, 0.3) is 0 Å². The van der Waals surface area contributed by atoms with Gasteiger partial charge >= 0.3 is 0 Å². The molecular weight excluding hydrogens is 336 g/mol. The normalized spacial score (nSPS) is 9.67. The summed E-state index contributed by atoms with van der Waals surface area (Å²) in [6.45, 7) is 1.43. The zero-order chi connectivity index (χ0) is 19.1. The lowest BCUT2D eigenvalue weighted by Crippen LogP contribution is -2.13. The molecule has 4 heteroatoms. The van der Waals surface area contributed by atoms with Crippen molar-refractivity contribution in [2.24, 2.45) is 0 Å². The van der Waals surface area contributed by atoms with Crippen molar-refractivity contribution in [1.29, 1.82) is 0 Å². The van der Waals surface area contributed by atoms with Gasteiger partial charge in [-0.1, -0.05) is 42.2 Å². The molecule has 2 N–H and O–H groups in total. The number of amides is 2. The van der Waals surface area contributed by atoms with Gasteiger partial charge in [-0.15, -0.1) is 0 Å². The van der Waals surface area contributed by atoms with E-state index in [2.05, 4.69) is 22.5 Å². The SMILES string of the molecule is CC(=O)Nc1cccc(C(=O)Nc2cccc(C#Cc3ccccc3)c2)c1. The van der Waals surface area contributed by atoms with Crippen LogP contribution < -0.4 is 10.6 Å². The summed E-state index contributed by atoms with van der Waals surface area (Å²) in [6, 6.07) is 23.9.